The standard InChI is InChI=1S/C9H12N4O/c10-5-4-8(14)7-2-1-3-9-11-6-12-13(7)9/h1-3,6,8,14H,4-5,10H2. The smallest absolute Gasteiger partial charge is 0.155 e. The van der Waals surface area contributed by atoms with E-state index in [1.54, 1.807) is 4.52 Å². The Hall–Kier alpha value is -1.46. The highest BCUT2D eigenvalue weighted by Crippen LogP contribution is 2.15. The molecule has 1 unspecified atom stereocenters. The highest BCUT2D eigenvalue weighted by molar-refractivity contribution is 5.37. The number of hydrogen-bond acceptors (Lipinski definition) is 4. The van der Waals surface area contributed by atoms with Gasteiger partial charge in [0.15, 0.2) is 5.65 Å². The van der Waals surface area contributed by atoms with Gasteiger partial charge < -0.3 is 10.8 Å². The Morgan fingerprint density at radius 2 is 2.36 bits per heavy atom. The molecule has 2 aromatic heterocycles. The minimum atomic E-state index is -0.578. The monoisotopic (exact) mass is 192 g/mol. The number of hydrogen-bond donors (Lipinski definition) is 2. The van der Waals surface area contributed by atoms with Gasteiger partial charge in [-0.2, -0.15) is 5.10 Å². The second-order valence-electron chi connectivity index (χ2n) is 3.07. The molecular formula is C9H12N4O. The first-order chi connectivity index (χ1) is 6.83. The van der Waals surface area contributed by atoms with Crippen LogP contribution < -0.4 is 5.73 Å². The molecule has 0 radical (unpaired) electrons. The molecule has 2 heterocycles. The number of fused-ring (bicyclic) bond motifs is 1. The van der Waals surface area contributed by atoms with Gasteiger partial charge in [-0.3, -0.25) is 0 Å². The molecule has 0 amide bonds. The van der Waals surface area contributed by atoms with E-state index in [9.17, 15) is 5.11 Å². The van der Waals surface area contributed by atoms with Crippen LogP contribution in [0.3, 0.4) is 0 Å². The number of aliphatic hydroxyl groups is 1. The highest BCUT2D eigenvalue weighted by atomic mass is 16.3. The van der Waals surface area contributed by atoms with E-state index in [-0.39, 0.29) is 0 Å². The molecule has 0 bridgehead atoms. The first kappa shape index (κ1) is 9.11. The van der Waals surface area contributed by atoms with Crippen molar-refractivity contribution in [2.75, 3.05) is 6.54 Å². The molecule has 74 valence electrons. The van der Waals surface area contributed by atoms with Gasteiger partial charge in [0.05, 0.1) is 11.8 Å². The van der Waals surface area contributed by atoms with E-state index in [2.05, 4.69) is 10.1 Å². The van der Waals surface area contributed by atoms with Crippen LogP contribution in [-0.2, 0) is 0 Å². The Labute approximate surface area is 81.2 Å². The summed E-state index contributed by atoms with van der Waals surface area (Å²) in [6.07, 6.45) is 1.41. The van der Waals surface area contributed by atoms with Gasteiger partial charge in [-0.05, 0) is 25.1 Å². The molecule has 5 heteroatoms. The molecule has 0 aliphatic heterocycles. The maximum Gasteiger partial charge on any atom is 0.155 e. The van der Waals surface area contributed by atoms with Crippen molar-refractivity contribution < 1.29 is 5.11 Å². The van der Waals surface area contributed by atoms with E-state index >= 15 is 0 Å². The van der Waals surface area contributed by atoms with Crippen LogP contribution in [-0.4, -0.2) is 26.2 Å². The summed E-state index contributed by atoms with van der Waals surface area (Å²) in [7, 11) is 0. The molecule has 0 aliphatic carbocycles. The van der Waals surface area contributed by atoms with E-state index in [0.29, 0.717) is 13.0 Å². The fourth-order valence-corrected chi connectivity index (χ4v) is 1.42. The summed E-state index contributed by atoms with van der Waals surface area (Å²) in [5.41, 5.74) is 6.84. The Morgan fingerprint density at radius 3 is 3.14 bits per heavy atom. The van der Waals surface area contributed by atoms with E-state index in [0.717, 1.165) is 11.3 Å². The summed E-state index contributed by atoms with van der Waals surface area (Å²) < 4.78 is 1.63. The van der Waals surface area contributed by atoms with Gasteiger partial charge in [-0.1, -0.05) is 6.07 Å². The van der Waals surface area contributed by atoms with Crippen molar-refractivity contribution in [3.05, 3.63) is 30.2 Å². The van der Waals surface area contributed by atoms with Gasteiger partial charge >= 0.3 is 0 Å². The SMILES string of the molecule is NCCC(O)c1cccc2ncnn12. The van der Waals surface area contributed by atoms with Crippen LogP contribution in [0.25, 0.3) is 5.65 Å². The Balaban J connectivity index is 2.45. The summed E-state index contributed by atoms with van der Waals surface area (Å²) in [6, 6.07) is 5.51. The van der Waals surface area contributed by atoms with Crippen LogP contribution in [0.4, 0.5) is 0 Å². The molecular weight excluding hydrogens is 180 g/mol. The molecule has 3 N–H and O–H groups in total. The fourth-order valence-electron chi connectivity index (χ4n) is 1.42. The number of pyridine rings is 1. The summed E-state index contributed by atoms with van der Waals surface area (Å²) in [6.45, 7) is 0.451. The number of aromatic nitrogens is 3. The van der Waals surface area contributed by atoms with Crippen molar-refractivity contribution in [1.82, 2.24) is 14.6 Å². The topological polar surface area (TPSA) is 76.4 Å². The van der Waals surface area contributed by atoms with Crippen molar-refractivity contribution in [3.63, 3.8) is 0 Å². The van der Waals surface area contributed by atoms with Crippen molar-refractivity contribution >= 4 is 5.65 Å². The van der Waals surface area contributed by atoms with E-state index in [4.69, 9.17) is 5.73 Å². The minimum Gasteiger partial charge on any atom is -0.387 e. The Morgan fingerprint density at radius 1 is 1.50 bits per heavy atom. The zero-order valence-electron chi connectivity index (χ0n) is 7.67. The quantitative estimate of drug-likeness (QED) is 0.723. The molecule has 0 saturated carbocycles. The second kappa shape index (κ2) is 3.73. The summed E-state index contributed by atoms with van der Waals surface area (Å²) in [4.78, 5) is 4.03. The number of nitrogens with two attached hydrogens (primary N) is 1. The van der Waals surface area contributed by atoms with Gasteiger partial charge in [0.2, 0.25) is 0 Å². The van der Waals surface area contributed by atoms with Gasteiger partial charge in [-0.15, -0.1) is 0 Å². The second-order valence-corrected chi connectivity index (χ2v) is 3.07. The van der Waals surface area contributed by atoms with E-state index < -0.39 is 6.10 Å². The molecule has 1 atom stereocenters. The van der Waals surface area contributed by atoms with Gasteiger partial charge in [0.1, 0.15) is 6.33 Å². The molecule has 0 aromatic carbocycles. The third-order valence-electron chi connectivity index (χ3n) is 2.11. The average Bonchev–Trinajstić information content (AvgIpc) is 2.65. The van der Waals surface area contributed by atoms with Crippen LogP contribution >= 0.6 is 0 Å². The predicted molar refractivity (Wildman–Crippen MR) is 51.6 cm³/mol. The normalized spacial score (nSPS) is 13.3. The molecule has 14 heavy (non-hydrogen) atoms. The summed E-state index contributed by atoms with van der Waals surface area (Å²) in [5.74, 6) is 0. The van der Waals surface area contributed by atoms with E-state index in [1.807, 2.05) is 18.2 Å². The lowest BCUT2D eigenvalue weighted by Gasteiger charge is -2.10. The molecule has 0 fully saturated rings. The van der Waals surface area contributed by atoms with Gasteiger partial charge in [-0.25, -0.2) is 9.50 Å². The lowest BCUT2D eigenvalue weighted by Crippen LogP contribution is -2.10. The van der Waals surface area contributed by atoms with Crippen LogP contribution in [0, 0.1) is 0 Å². The Bertz CT molecular complexity index is 425. The van der Waals surface area contributed by atoms with Crippen molar-refractivity contribution in [1.29, 1.82) is 0 Å². The fraction of sp³-hybridized carbons (Fsp3) is 0.333. The van der Waals surface area contributed by atoms with Crippen LogP contribution in [0.15, 0.2) is 24.5 Å². The van der Waals surface area contributed by atoms with Crippen molar-refractivity contribution in [2.45, 2.75) is 12.5 Å². The number of rotatable bonds is 3. The molecule has 5 nitrogen and oxygen atoms in total. The molecule has 0 saturated heterocycles. The lowest BCUT2D eigenvalue weighted by molar-refractivity contribution is 0.163. The summed E-state index contributed by atoms with van der Waals surface area (Å²) in [5, 5.41) is 13.8. The van der Waals surface area contributed by atoms with Crippen LogP contribution in [0.5, 0.6) is 0 Å². The number of aliphatic hydroxyl groups excluding tert-OH is 1. The van der Waals surface area contributed by atoms with Crippen LogP contribution in [0.2, 0.25) is 0 Å². The third-order valence-corrected chi connectivity index (χ3v) is 2.11. The molecule has 2 aromatic rings. The molecule has 0 spiro atoms. The lowest BCUT2D eigenvalue weighted by atomic mass is 10.1. The number of nitrogens with zero attached hydrogens (tertiary/aromatic N) is 3. The minimum absolute atomic E-state index is 0.451. The van der Waals surface area contributed by atoms with Crippen LogP contribution in [0.1, 0.15) is 18.2 Å². The first-order valence-electron chi connectivity index (χ1n) is 4.49. The first-order valence-corrected chi connectivity index (χ1v) is 4.49. The largest absolute Gasteiger partial charge is 0.387 e. The van der Waals surface area contributed by atoms with Crippen molar-refractivity contribution in [2.24, 2.45) is 5.73 Å². The zero-order valence-corrected chi connectivity index (χ0v) is 7.67. The third kappa shape index (κ3) is 1.47. The average molecular weight is 192 g/mol. The highest BCUT2D eigenvalue weighted by Gasteiger charge is 2.10. The maximum absolute atomic E-state index is 9.77. The Kier molecular flexibility index (Phi) is 2.43. The zero-order chi connectivity index (χ0) is 9.97. The summed E-state index contributed by atoms with van der Waals surface area (Å²) >= 11 is 0. The van der Waals surface area contributed by atoms with Gasteiger partial charge in [0.25, 0.3) is 0 Å². The van der Waals surface area contributed by atoms with E-state index in [1.165, 1.54) is 6.33 Å². The predicted octanol–water partition coefficient (Wildman–Crippen LogP) is 0.112. The van der Waals surface area contributed by atoms with Gasteiger partial charge in [0, 0.05) is 0 Å². The molecule has 2 rings (SSSR count). The maximum atomic E-state index is 9.77. The van der Waals surface area contributed by atoms with Crippen molar-refractivity contribution in [3.8, 4) is 0 Å². The molecule has 0 aliphatic rings.